The molecule has 0 bridgehead atoms. The van der Waals surface area contributed by atoms with Crippen LogP contribution in [-0.2, 0) is 6.42 Å². The molecule has 16 heavy (non-hydrogen) atoms. The second kappa shape index (κ2) is 5.80. The summed E-state index contributed by atoms with van der Waals surface area (Å²) in [6.45, 7) is 8.15. The third-order valence-electron chi connectivity index (χ3n) is 3.54. The molecular formula is C13H22N2S. The van der Waals surface area contributed by atoms with E-state index in [-0.39, 0.29) is 0 Å². The molecule has 2 nitrogen and oxygen atoms in total. The predicted octanol–water partition coefficient (Wildman–Crippen LogP) is 2.36. The van der Waals surface area contributed by atoms with Gasteiger partial charge in [-0.3, -0.25) is 4.90 Å². The second-order valence-electron chi connectivity index (χ2n) is 4.74. The molecule has 1 aliphatic heterocycles. The Morgan fingerprint density at radius 1 is 1.56 bits per heavy atom. The van der Waals surface area contributed by atoms with Crippen molar-refractivity contribution in [3.63, 3.8) is 0 Å². The zero-order chi connectivity index (χ0) is 11.4. The summed E-state index contributed by atoms with van der Waals surface area (Å²) in [5.41, 5.74) is 1.49. The van der Waals surface area contributed by atoms with Gasteiger partial charge in [0.2, 0.25) is 0 Å². The molecule has 0 aromatic carbocycles. The molecule has 1 fully saturated rings. The molecule has 90 valence electrons. The minimum atomic E-state index is 0.682. The average molecular weight is 238 g/mol. The van der Waals surface area contributed by atoms with E-state index in [4.69, 9.17) is 0 Å². The molecule has 1 aromatic heterocycles. The Balaban J connectivity index is 1.82. The van der Waals surface area contributed by atoms with Crippen LogP contribution in [0.5, 0.6) is 0 Å². The summed E-state index contributed by atoms with van der Waals surface area (Å²) in [4.78, 5) is 2.63. The number of nitrogens with one attached hydrogen (secondary N) is 1. The van der Waals surface area contributed by atoms with Crippen molar-refractivity contribution in [2.24, 2.45) is 0 Å². The second-order valence-corrected chi connectivity index (χ2v) is 5.52. The van der Waals surface area contributed by atoms with E-state index in [1.165, 1.54) is 31.5 Å². The Hall–Kier alpha value is -0.380. The van der Waals surface area contributed by atoms with Crippen LogP contribution in [0.3, 0.4) is 0 Å². The summed E-state index contributed by atoms with van der Waals surface area (Å²) < 4.78 is 0. The topological polar surface area (TPSA) is 15.3 Å². The van der Waals surface area contributed by atoms with Crippen molar-refractivity contribution >= 4 is 11.3 Å². The van der Waals surface area contributed by atoms with Gasteiger partial charge in [-0.25, -0.2) is 0 Å². The zero-order valence-electron chi connectivity index (χ0n) is 10.3. The van der Waals surface area contributed by atoms with E-state index in [1.807, 2.05) is 0 Å². The van der Waals surface area contributed by atoms with Gasteiger partial charge >= 0.3 is 0 Å². The fraction of sp³-hybridized carbons (Fsp3) is 0.692. The molecule has 2 unspecified atom stereocenters. The Bertz CT molecular complexity index is 297. The quantitative estimate of drug-likeness (QED) is 0.866. The van der Waals surface area contributed by atoms with Gasteiger partial charge in [0, 0.05) is 31.7 Å². The lowest BCUT2D eigenvalue weighted by atomic mass is 10.1. The number of thiophene rings is 1. The summed E-state index contributed by atoms with van der Waals surface area (Å²) >= 11 is 1.80. The van der Waals surface area contributed by atoms with Gasteiger partial charge in [-0.15, -0.1) is 0 Å². The van der Waals surface area contributed by atoms with Gasteiger partial charge in [0.1, 0.15) is 0 Å². The van der Waals surface area contributed by atoms with Gasteiger partial charge in [-0.05, 0) is 42.2 Å². The minimum absolute atomic E-state index is 0.682. The van der Waals surface area contributed by atoms with E-state index in [0.717, 1.165) is 6.54 Å². The number of hydrogen-bond donors (Lipinski definition) is 1. The standard InChI is InChI=1S/C13H22N2S/c1-3-13-9-15(11(2)8-14-13)6-4-12-5-7-16-10-12/h5,7,10-11,13-14H,3-4,6,8-9H2,1-2H3. The number of nitrogens with zero attached hydrogens (tertiary/aromatic N) is 1. The van der Waals surface area contributed by atoms with Crippen LogP contribution < -0.4 is 5.32 Å². The number of piperazine rings is 1. The maximum absolute atomic E-state index is 3.60. The van der Waals surface area contributed by atoms with Crippen LogP contribution in [0.25, 0.3) is 0 Å². The third-order valence-corrected chi connectivity index (χ3v) is 4.27. The van der Waals surface area contributed by atoms with E-state index in [2.05, 4.69) is 40.9 Å². The molecule has 0 saturated carbocycles. The first-order chi connectivity index (χ1) is 7.79. The van der Waals surface area contributed by atoms with Crippen LogP contribution in [0, 0.1) is 0 Å². The first kappa shape index (κ1) is 12.1. The van der Waals surface area contributed by atoms with Crippen LogP contribution in [0.1, 0.15) is 25.8 Å². The summed E-state index contributed by atoms with van der Waals surface area (Å²) in [5.74, 6) is 0. The average Bonchev–Trinajstić information content (AvgIpc) is 2.81. The highest BCUT2D eigenvalue weighted by atomic mass is 32.1. The highest BCUT2D eigenvalue weighted by Gasteiger charge is 2.23. The molecule has 1 N–H and O–H groups in total. The van der Waals surface area contributed by atoms with Crippen molar-refractivity contribution in [1.29, 1.82) is 0 Å². The fourth-order valence-electron chi connectivity index (χ4n) is 2.29. The van der Waals surface area contributed by atoms with Crippen molar-refractivity contribution < 1.29 is 0 Å². The first-order valence-electron chi connectivity index (χ1n) is 6.28. The van der Waals surface area contributed by atoms with Gasteiger partial charge in [-0.2, -0.15) is 11.3 Å². The molecule has 1 aromatic rings. The first-order valence-corrected chi connectivity index (χ1v) is 7.22. The molecule has 0 aliphatic carbocycles. The Kier molecular flexibility index (Phi) is 4.38. The van der Waals surface area contributed by atoms with Gasteiger partial charge in [-0.1, -0.05) is 6.92 Å². The molecule has 0 radical (unpaired) electrons. The van der Waals surface area contributed by atoms with Crippen LogP contribution in [0.2, 0.25) is 0 Å². The molecule has 3 heteroatoms. The smallest absolute Gasteiger partial charge is 0.0193 e. The van der Waals surface area contributed by atoms with E-state index in [1.54, 1.807) is 11.3 Å². The number of hydrogen-bond acceptors (Lipinski definition) is 3. The molecular weight excluding hydrogens is 216 g/mol. The van der Waals surface area contributed by atoms with E-state index >= 15 is 0 Å². The molecule has 0 spiro atoms. The fourth-order valence-corrected chi connectivity index (χ4v) is 2.99. The molecule has 2 heterocycles. The lowest BCUT2D eigenvalue weighted by Gasteiger charge is -2.38. The van der Waals surface area contributed by atoms with Crippen LogP contribution in [0.15, 0.2) is 16.8 Å². The largest absolute Gasteiger partial charge is 0.311 e. The van der Waals surface area contributed by atoms with Crippen LogP contribution in [0.4, 0.5) is 0 Å². The summed E-state index contributed by atoms with van der Waals surface area (Å²) in [6, 6.07) is 3.62. The number of rotatable bonds is 4. The molecule has 1 aliphatic rings. The summed E-state index contributed by atoms with van der Waals surface area (Å²) in [5, 5.41) is 8.04. The Morgan fingerprint density at radius 2 is 2.44 bits per heavy atom. The molecule has 2 atom stereocenters. The van der Waals surface area contributed by atoms with Gasteiger partial charge in [0.25, 0.3) is 0 Å². The zero-order valence-corrected chi connectivity index (χ0v) is 11.1. The SMILES string of the molecule is CCC1CN(CCc2ccsc2)C(C)CN1. The van der Waals surface area contributed by atoms with E-state index in [9.17, 15) is 0 Å². The molecule has 0 amide bonds. The molecule has 2 rings (SSSR count). The lowest BCUT2D eigenvalue weighted by Crippen LogP contribution is -2.55. The van der Waals surface area contributed by atoms with Crippen molar-refractivity contribution in [2.75, 3.05) is 19.6 Å². The van der Waals surface area contributed by atoms with Gasteiger partial charge in [0.15, 0.2) is 0 Å². The Morgan fingerprint density at radius 3 is 3.12 bits per heavy atom. The predicted molar refractivity (Wildman–Crippen MR) is 71.1 cm³/mol. The van der Waals surface area contributed by atoms with Gasteiger partial charge in [0.05, 0.1) is 0 Å². The van der Waals surface area contributed by atoms with Crippen LogP contribution in [-0.4, -0.2) is 36.6 Å². The maximum atomic E-state index is 3.60. The van der Waals surface area contributed by atoms with Crippen molar-refractivity contribution in [2.45, 2.75) is 38.8 Å². The highest BCUT2D eigenvalue weighted by molar-refractivity contribution is 7.07. The van der Waals surface area contributed by atoms with Crippen LogP contribution >= 0.6 is 11.3 Å². The maximum Gasteiger partial charge on any atom is 0.0193 e. The van der Waals surface area contributed by atoms with E-state index in [0.29, 0.717) is 12.1 Å². The summed E-state index contributed by atoms with van der Waals surface area (Å²) in [6.07, 6.45) is 2.44. The van der Waals surface area contributed by atoms with E-state index < -0.39 is 0 Å². The van der Waals surface area contributed by atoms with Crippen molar-refractivity contribution in [3.8, 4) is 0 Å². The summed E-state index contributed by atoms with van der Waals surface area (Å²) in [7, 11) is 0. The monoisotopic (exact) mass is 238 g/mol. The third kappa shape index (κ3) is 3.06. The normalized spacial score (nSPS) is 27.1. The van der Waals surface area contributed by atoms with Crippen molar-refractivity contribution in [3.05, 3.63) is 22.4 Å². The highest BCUT2D eigenvalue weighted by Crippen LogP contribution is 2.12. The molecule has 1 saturated heterocycles. The lowest BCUT2D eigenvalue weighted by molar-refractivity contribution is 0.141. The van der Waals surface area contributed by atoms with Crippen molar-refractivity contribution in [1.82, 2.24) is 10.2 Å². The van der Waals surface area contributed by atoms with Gasteiger partial charge < -0.3 is 5.32 Å². The minimum Gasteiger partial charge on any atom is -0.311 e. The Labute approximate surface area is 103 Å².